The van der Waals surface area contributed by atoms with Crippen molar-refractivity contribution in [3.63, 3.8) is 0 Å². The van der Waals surface area contributed by atoms with Gasteiger partial charge in [0.25, 0.3) is 0 Å². The second-order valence-corrected chi connectivity index (χ2v) is 10.2. The van der Waals surface area contributed by atoms with Crippen LogP contribution in [-0.4, -0.2) is 21.5 Å². The molecule has 1 heterocycles. The Morgan fingerprint density at radius 1 is 0.794 bits per heavy atom. The van der Waals surface area contributed by atoms with Crippen molar-refractivity contribution in [2.75, 3.05) is 0 Å². The lowest BCUT2D eigenvalue weighted by molar-refractivity contribution is 0.0519. The third-order valence-corrected chi connectivity index (χ3v) is 6.79. The number of ether oxygens (including phenoxy) is 1. The van der Waals surface area contributed by atoms with E-state index >= 15 is 0 Å². The van der Waals surface area contributed by atoms with Gasteiger partial charge in [0.15, 0.2) is 0 Å². The number of carbonyl (C=O) groups is 1. The summed E-state index contributed by atoms with van der Waals surface area (Å²) in [6.07, 6.45) is 4.38. The number of hydrogen-bond donors (Lipinski definition) is 0. The Balaban J connectivity index is 1.63. The van der Waals surface area contributed by atoms with Crippen LogP contribution in [0.1, 0.15) is 44.7 Å². The molecule has 1 aromatic heterocycles. The summed E-state index contributed by atoms with van der Waals surface area (Å²) in [6.45, 7) is 5.62. The lowest BCUT2D eigenvalue weighted by Crippen LogP contribution is -2.28. The number of aromatic nitrogens is 2. The Hall–Kier alpha value is -3.66. The highest BCUT2D eigenvalue weighted by atomic mass is 16.6. The van der Waals surface area contributed by atoms with Gasteiger partial charge in [-0.25, -0.2) is 4.79 Å². The molecule has 34 heavy (non-hydrogen) atoms. The average molecular weight is 449 g/mol. The van der Waals surface area contributed by atoms with Gasteiger partial charge >= 0.3 is 6.09 Å². The minimum absolute atomic E-state index is 0.467. The van der Waals surface area contributed by atoms with Crippen LogP contribution in [0.4, 0.5) is 4.79 Å². The molecule has 0 spiro atoms. The molecule has 1 aliphatic carbocycles. The molecule has 5 aromatic rings. The molecule has 0 N–H and O–H groups in total. The third-order valence-electron chi connectivity index (χ3n) is 6.79. The summed E-state index contributed by atoms with van der Waals surface area (Å²) in [4.78, 5) is 13.2. The maximum absolute atomic E-state index is 13.2. The maximum atomic E-state index is 13.2. The summed E-state index contributed by atoms with van der Waals surface area (Å²) in [5, 5.41) is 10.5. The summed E-state index contributed by atoms with van der Waals surface area (Å²) in [5.74, 6) is 0. The Bertz CT molecular complexity index is 1590. The molecule has 0 radical (unpaired) electrons. The summed E-state index contributed by atoms with van der Waals surface area (Å²) >= 11 is 0. The van der Waals surface area contributed by atoms with Crippen molar-refractivity contribution < 1.29 is 9.53 Å². The van der Waals surface area contributed by atoms with E-state index in [1.165, 1.54) is 51.2 Å². The first-order valence-electron chi connectivity index (χ1n) is 12.1. The van der Waals surface area contributed by atoms with E-state index in [1.807, 2.05) is 45.0 Å². The molecule has 170 valence electrons. The molecule has 0 fully saturated rings. The van der Waals surface area contributed by atoms with Gasteiger partial charge in [0.2, 0.25) is 0 Å². The number of carbonyl (C=O) groups excluding carboxylic acids is 1. The molecule has 0 saturated carbocycles. The first-order valence-corrected chi connectivity index (χ1v) is 12.1. The molecular formula is C30H28N2O2. The maximum Gasteiger partial charge on any atom is 0.435 e. The SMILES string of the molecule is CC(C)(C)OC(=O)n1nc2ccccc2c1-c1cccc2c1ccc1c3c(ccc12)CCCC3. The molecule has 0 unspecified atom stereocenters. The normalized spacial score (nSPS) is 14.0. The van der Waals surface area contributed by atoms with Crippen LogP contribution in [0.2, 0.25) is 0 Å². The van der Waals surface area contributed by atoms with E-state index in [1.54, 1.807) is 0 Å². The highest BCUT2D eigenvalue weighted by molar-refractivity contribution is 6.15. The van der Waals surface area contributed by atoms with E-state index < -0.39 is 11.7 Å². The fourth-order valence-corrected chi connectivity index (χ4v) is 5.36. The zero-order valence-corrected chi connectivity index (χ0v) is 19.9. The van der Waals surface area contributed by atoms with Gasteiger partial charge in [0.1, 0.15) is 5.60 Å². The Kier molecular flexibility index (Phi) is 4.73. The minimum Gasteiger partial charge on any atom is -0.442 e. The Labute approximate surface area is 199 Å². The van der Waals surface area contributed by atoms with E-state index in [-0.39, 0.29) is 0 Å². The first-order chi connectivity index (χ1) is 16.4. The van der Waals surface area contributed by atoms with Crippen molar-refractivity contribution in [3.05, 3.63) is 77.9 Å². The van der Waals surface area contributed by atoms with Crippen molar-refractivity contribution >= 4 is 38.5 Å². The van der Waals surface area contributed by atoms with Crippen molar-refractivity contribution in [2.24, 2.45) is 0 Å². The number of rotatable bonds is 1. The minimum atomic E-state index is -0.611. The molecule has 6 rings (SSSR count). The van der Waals surface area contributed by atoms with Crippen LogP contribution in [0.5, 0.6) is 0 Å². The molecule has 4 nitrogen and oxygen atoms in total. The zero-order valence-electron chi connectivity index (χ0n) is 19.9. The molecule has 0 amide bonds. The predicted molar refractivity (Wildman–Crippen MR) is 138 cm³/mol. The van der Waals surface area contributed by atoms with Crippen LogP contribution >= 0.6 is 0 Å². The summed E-state index contributed by atoms with van der Waals surface area (Å²) in [7, 11) is 0. The second-order valence-electron chi connectivity index (χ2n) is 10.2. The summed E-state index contributed by atoms with van der Waals surface area (Å²) < 4.78 is 7.15. The number of aryl methyl sites for hydroxylation is 2. The molecule has 4 heteroatoms. The molecule has 1 aliphatic rings. The van der Waals surface area contributed by atoms with Crippen LogP contribution < -0.4 is 0 Å². The number of hydrogen-bond acceptors (Lipinski definition) is 3. The summed E-state index contributed by atoms with van der Waals surface area (Å²) in [5.41, 5.74) is 4.91. The lowest BCUT2D eigenvalue weighted by Gasteiger charge is -2.20. The second kappa shape index (κ2) is 7.69. The summed E-state index contributed by atoms with van der Waals surface area (Å²) in [6, 6.07) is 23.3. The zero-order chi connectivity index (χ0) is 23.4. The van der Waals surface area contributed by atoms with Crippen LogP contribution in [0.3, 0.4) is 0 Å². The van der Waals surface area contributed by atoms with Gasteiger partial charge in [0, 0.05) is 10.9 Å². The van der Waals surface area contributed by atoms with Crippen LogP contribution in [0.15, 0.2) is 66.7 Å². The van der Waals surface area contributed by atoms with E-state index in [4.69, 9.17) is 4.74 Å². The van der Waals surface area contributed by atoms with Gasteiger partial charge < -0.3 is 4.74 Å². The van der Waals surface area contributed by atoms with Crippen LogP contribution in [0, 0.1) is 0 Å². The first kappa shape index (κ1) is 20.9. The Morgan fingerprint density at radius 2 is 1.50 bits per heavy atom. The van der Waals surface area contributed by atoms with E-state index in [9.17, 15) is 4.79 Å². The molecule has 4 aromatic carbocycles. The van der Waals surface area contributed by atoms with Gasteiger partial charge in [-0.15, -0.1) is 0 Å². The Morgan fingerprint density at radius 3 is 2.35 bits per heavy atom. The van der Waals surface area contributed by atoms with Gasteiger partial charge in [-0.05, 0) is 85.2 Å². The van der Waals surface area contributed by atoms with Crippen molar-refractivity contribution in [1.29, 1.82) is 0 Å². The van der Waals surface area contributed by atoms with Crippen molar-refractivity contribution in [3.8, 4) is 11.3 Å². The molecular weight excluding hydrogens is 420 g/mol. The van der Waals surface area contributed by atoms with Crippen LogP contribution in [-0.2, 0) is 17.6 Å². The quantitative estimate of drug-likeness (QED) is 0.247. The highest BCUT2D eigenvalue weighted by Crippen LogP contribution is 2.39. The highest BCUT2D eigenvalue weighted by Gasteiger charge is 2.25. The third kappa shape index (κ3) is 3.37. The topological polar surface area (TPSA) is 44.1 Å². The van der Waals surface area contributed by atoms with E-state index in [2.05, 4.69) is 47.6 Å². The van der Waals surface area contributed by atoms with Crippen molar-refractivity contribution in [1.82, 2.24) is 9.78 Å². The fourth-order valence-electron chi connectivity index (χ4n) is 5.36. The number of benzene rings is 4. The lowest BCUT2D eigenvalue weighted by atomic mass is 9.86. The number of fused-ring (bicyclic) bond motifs is 6. The number of nitrogens with zero attached hydrogens (tertiary/aromatic N) is 2. The molecule has 0 saturated heterocycles. The van der Waals surface area contributed by atoms with Gasteiger partial charge in [-0.3, -0.25) is 0 Å². The molecule has 0 atom stereocenters. The average Bonchev–Trinajstić information content (AvgIpc) is 3.22. The largest absolute Gasteiger partial charge is 0.442 e. The fraction of sp³-hybridized carbons (Fsp3) is 0.267. The smallest absolute Gasteiger partial charge is 0.435 e. The predicted octanol–water partition coefficient (Wildman–Crippen LogP) is 7.67. The molecule has 0 aliphatic heterocycles. The van der Waals surface area contributed by atoms with Crippen molar-refractivity contribution in [2.45, 2.75) is 52.1 Å². The molecule has 0 bridgehead atoms. The van der Waals surface area contributed by atoms with Gasteiger partial charge in [-0.1, -0.05) is 60.7 Å². The van der Waals surface area contributed by atoms with E-state index in [0.717, 1.165) is 34.0 Å². The van der Waals surface area contributed by atoms with Gasteiger partial charge in [0.05, 0.1) is 11.2 Å². The van der Waals surface area contributed by atoms with Gasteiger partial charge in [-0.2, -0.15) is 9.78 Å². The van der Waals surface area contributed by atoms with Crippen LogP contribution in [0.25, 0.3) is 43.7 Å². The van der Waals surface area contributed by atoms with E-state index in [0.29, 0.717) is 0 Å². The monoisotopic (exact) mass is 448 g/mol. The standard InChI is InChI=1S/C30H28N2O2/c1-30(2,3)34-29(33)32-28(26-11-6-7-14-27(26)31-32)25-13-8-12-21-23-16-15-19-9-4-5-10-20(19)22(23)17-18-24(21)25/h6-8,11-18H,4-5,9-10H2,1-3H3.